The zero-order valence-corrected chi connectivity index (χ0v) is 12.0. The quantitative estimate of drug-likeness (QED) is 0.890. The van der Waals surface area contributed by atoms with Gasteiger partial charge in [-0.3, -0.25) is 4.79 Å². The highest BCUT2D eigenvalue weighted by atomic mass is 32.2. The number of nitrogens with two attached hydrogens (primary N) is 1. The number of hydrogen-bond acceptors (Lipinski definition) is 3. The van der Waals surface area contributed by atoms with Crippen molar-refractivity contribution in [1.82, 2.24) is 4.90 Å². The Morgan fingerprint density at radius 1 is 1.15 bits per heavy atom. The van der Waals surface area contributed by atoms with Crippen LogP contribution in [0.15, 0.2) is 29.2 Å². The van der Waals surface area contributed by atoms with Crippen LogP contribution in [0.2, 0.25) is 0 Å². The van der Waals surface area contributed by atoms with Gasteiger partial charge in [0.1, 0.15) is 0 Å². The van der Waals surface area contributed by atoms with Crippen molar-refractivity contribution in [2.45, 2.75) is 36.6 Å². The Morgan fingerprint density at radius 3 is 2.20 bits per heavy atom. The third kappa shape index (κ3) is 3.02. The van der Waals surface area contributed by atoms with Gasteiger partial charge >= 0.3 is 0 Å². The van der Waals surface area contributed by atoms with Gasteiger partial charge in [0.15, 0.2) is 0 Å². The van der Waals surface area contributed by atoms with Crippen molar-refractivity contribution in [3.63, 3.8) is 0 Å². The Balaban J connectivity index is 1.78. The van der Waals surface area contributed by atoms with Crippen LogP contribution in [-0.2, 0) is 10.0 Å². The zero-order valence-electron chi connectivity index (χ0n) is 11.2. The second-order valence-corrected chi connectivity index (χ2v) is 7.26. The van der Waals surface area contributed by atoms with Crippen LogP contribution in [0.1, 0.15) is 36.0 Å². The van der Waals surface area contributed by atoms with E-state index in [1.807, 2.05) is 4.90 Å². The summed E-state index contributed by atoms with van der Waals surface area (Å²) in [6.45, 7) is 0.834. The molecule has 2 N–H and O–H groups in total. The van der Waals surface area contributed by atoms with E-state index in [-0.39, 0.29) is 10.8 Å². The second kappa shape index (κ2) is 4.86. The van der Waals surface area contributed by atoms with Crippen molar-refractivity contribution in [1.29, 1.82) is 0 Å². The molecule has 0 radical (unpaired) electrons. The van der Waals surface area contributed by atoms with Crippen LogP contribution in [-0.4, -0.2) is 31.8 Å². The molecule has 3 rings (SSSR count). The zero-order chi connectivity index (χ0) is 14.3. The molecule has 2 fully saturated rings. The van der Waals surface area contributed by atoms with Gasteiger partial charge in [-0.15, -0.1) is 0 Å². The molecule has 2 saturated carbocycles. The van der Waals surface area contributed by atoms with Gasteiger partial charge in [-0.1, -0.05) is 0 Å². The maximum atomic E-state index is 12.5. The molecule has 5 nitrogen and oxygen atoms in total. The molecule has 0 spiro atoms. The van der Waals surface area contributed by atoms with E-state index in [2.05, 4.69) is 0 Å². The number of primary sulfonamides is 1. The summed E-state index contributed by atoms with van der Waals surface area (Å²) in [5.41, 5.74) is 0.532. The molecule has 1 aromatic rings. The van der Waals surface area contributed by atoms with Crippen molar-refractivity contribution in [3.05, 3.63) is 29.8 Å². The average molecular weight is 294 g/mol. The molecule has 2 aliphatic carbocycles. The average Bonchev–Trinajstić information content (AvgIpc) is 3.26. The lowest BCUT2D eigenvalue weighted by Crippen LogP contribution is -2.34. The summed E-state index contributed by atoms with van der Waals surface area (Å²) in [7, 11) is -3.70. The monoisotopic (exact) mass is 294 g/mol. The van der Waals surface area contributed by atoms with Crippen molar-refractivity contribution < 1.29 is 13.2 Å². The second-order valence-electron chi connectivity index (χ2n) is 5.70. The van der Waals surface area contributed by atoms with Crippen LogP contribution in [0, 0.1) is 5.92 Å². The molecule has 0 aliphatic heterocycles. The first-order chi connectivity index (χ1) is 9.45. The van der Waals surface area contributed by atoms with Crippen LogP contribution in [0.25, 0.3) is 0 Å². The molecule has 0 unspecified atom stereocenters. The van der Waals surface area contributed by atoms with E-state index < -0.39 is 10.0 Å². The largest absolute Gasteiger partial charge is 0.335 e. The van der Waals surface area contributed by atoms with E-state index in [9.17, 15) is 13.2 Å². The number of benzene rings is 1. The smallest absolute Gasteiger partial charge is 0.254 e. The maximum absolute atomic E-state index is 12.5. The summed E-state index contributed by atoms with van der Waals surface area (Å²) in [4.78, 5) is 14.5. The van der Waals surface area contributed by atoms with Crippen LogP contribution >= 0.6 is 0 Å². The van der Waals surface area contributed by atoms with Crippen molar-refractivity contribution in [2.24, 2.45) is 11.1 Å². The number of carbonyl (C=O) groups is 1. The summed E-state index contributed by atoms with van der Waals surface area (Å²) in [6.07, 6.45) is 4.57. The summed E-state index contributed by atoms with van der Waals surface area (Å²) < 4.78 is 22.4. The SMILES string of the molecule is NS(=O)(=O)c1ccc(C(=O)N(CC2CC2)C2CC2)cc1. The summed E-state index contributed by atoms with van der Waals surface area (Å²) in [5, 5.41) is 5.05. The predicted octanol–water partition coefficient (Wildman–Crippen LogP) is 1.35. The summed E-state index contributed by atoms with van der Waals surface area (Å²) >= 11 is 0. The lowest BCUT2D eigenvalue weighted by Gasteiger charge is -2.22. The van der Waals surface area contributed by atoms with E-state index in [0.29, 0.717) is 17.5 Å². The number of sulfonamides is 1. The molecule has 0 aromatic heterocycles. The van der Waals surface area contributed by atoms with Gasteiger partial charge in [-0.25, -0.2) is 13.6 Å². The number of amides is 1. The Kier molecular flexibility index (Phi) is 3.30. The van der Waals surface area contributed by atoms with Crippen LogP contribution in [0.4, 0.5) is 0 Å². The fraction of sp³-hybridized carbons (Fsp3) is 0.500. The minimum absolute atomic E-state index is 0.000342. The van der Waals surface area contributed by atoms with E-state index in [1.165, 1.54) is 25.0 Å². The lowest BCUT2D eigenvalue weighted by atomic mass is 10.2. The van der Waals surface area contributed by atoms with Gasteiger partial charge in [0, 0.05) is 18.2 Å². The van der Waals surface area contributed by atoms with Crippen molar-refractivity contribution in [2.75, 3.05) is 6.54 Å². The minimum Gasteiger partial charge on any atom is -0.335 e. The molecule has 0 atom stereocenters. The normalized spacial score (nSPS) is 18.9. The van der Waals surface area contributed by atoms with Gasteiger partial charge in [0.25, 0.3) is 5.91 Å². The molecule has 0 bridgehead atoms. The molecule has 1 amide bonds. The van der Waals surface area contributed by atoms with Gasteiger partial charge in [0.2, 0.25) is 10.0 Å². The Labute approximate surface area is 118 Å². The molecule has 6 heteroatoms. The van der Waals surface area contributed by atoms with Crippen LogP contribution < -0.4 is 5.14 Å². The lowest BCUT2D eigenvalue weighted by molar-refractivity contribution is 0.0734. The standard InChI is InChI=1S/C14H18N2O3S/c15-20(18,19)13-7-3-11(4-8-13)14(17)16(12-5-6-12)9-10-1-2-10/h3-4,7-8,10,12H,1-2,5-6,9H2,(H2,15,18,19). The van der Waals surface area contributed by atoms with E-state index in [4.69, 9.17) is 5.14 Å². The highest BCUT2D eigenvalue weighted by Crippen LogP contribution is 2.35. The first kappa shape index (κ1) is 13.6. The molecule has 2 aliphatic rings. The summed E-state index contributed by atoms with van der Waals surface area (Å²) in [6, 6.07) is 6.26. The number of nitrogens with zero attached hydrogens (tertiary/aromatic N) is 1. The van der Waals surface area contributed by atoms with E-state index in [0.717, 1.165) is 19.4 Å². The fourth-order valence-corrected chi connectivity index (χ4v) is 2.83. The summed E-state index contributed by atoms with van der Waals surface area (Å²) in [5.74, 6) is 0.656. The Hall–Kier alpha value is -1.40. The third-order valence-corrected chi connectivity index (χ3v) is 4.76. The van der Waals surface area contributed by atoms with Gasteiger partial charge in [-0.05, 0) is 55.9 Å². The predicted molar refractivity (Wildman–Crippen MR) is 74.6 cm³/mol. The first-order valence-corrected chi connectivity index (χ1v) is 8.43. The Morgan fingerprint density at radius 2 is 1.75 bits per heavy atom. The van der Waals surface area contributed by atoms with Crippen molar-refractivity contribution in [3.8, 4) is 0 Å². The van der Waals surface area contributed by atoms with Crippen LogP contribution in [0.5, 0.6) is 0 Å². The van der Waals surface area contributed by atoms with Crippen LogP contribution in [0.3, 0.4) is 0 Å². The topological polar surface area (TPSA) is 80.5 Å². The molecule has 108 valence electrons. The number of carbonyl (C=O) groups excluding carboxylic acids is 1. The molecular weight excluding hydrogens is 276 g/mol. The minimum atomic E-state index is -3.70. The maximum Gasteiger partial charge on any atom is 0.254 e. The molecule has 0 heterocycles. The van der Waals surface area contributed by atoms with Gasteiger partial charge in [0.05, 0.1) is 4.90 Å². The van der Waals surface area contributed by atoms with Gasteiger partial charge < -0.3 is 4.90 Å². The highest BCUT2D eigenvalue weighted by molar-refractivity contribution is 7.89. The van der Waals surface area contributed by atoms with Gasteiger partial charge in [-0.2, -0.15) is 0 Å². The third-order valence-electron chi connectivity index (χ3n) is 3.83. The van der Waals surface area contributed by atoms with E-state index in [1.54, 1.807) is 12.1 Å². The fourth-order valence-electron chi connectivity index (χ4n) is 2.32. The number of rotatable bonds is 5. The molecule has 1 aromatic carbocycles. The van der Waals surface area contributed by atoms with E-state index >= 15 is 0 Å². The first-order valence-electron chi connectivity index (χ1n) is 6.89. The molecular formula is C14H18N2O3S. The van der Waals surface area contributed by atoms with Crippen molar-refractivity contribution >= 4 is 15.9 Å². The molecule has 20 heavy (non-hydrogen) atoms. The molecule has 0 saturated heterocycles. The Bertz CT molecular complexity index is 616. The highest BCUT2D eigenvalue weighted by Gasteiger charge is 2.36. The number of hydrogen-bond donors (Lipinski definition) is 1.